The van der Waals surface area contributed by atoms with E-state index in [1.165, 1.54) is 0 Å². The molecular formula is C16H24O7. The van der Waals surface area contributed by atoms with Crippen LogP contribution in [0.1, 0.15) is 25.5 Å². The molecule has 1 saturated heterocycles. The first-order chi connectivity index (χ1) is 10.8. The summed E-state index contributed by atoms with van der Waals surface area (Å²) in [5, 5.41) is 48.5. The van der Waals surface area contributed by atoms with E-state index in [2.05, 4.69) is 0 Å². The number of hydrogen-bond donors (Lipinski definition) is 5. The molecule has 5 N–H and O–H groups in total. The highest BCUT2D eigenvalue weighted by atomic mass is 16.7. The van der Waals surface area contributed by atoms with E-state index >= 15 is 0 Å². The van der Waals surface area contributed by atoms with Gasteiger partial charge in [-0.05, 0) is 23.6 Å². The lowest BCUT2D eigenvalue weighted by molar-refractivity contribution is -0.277. The Morgan fingerprint density at radius 1 is 1.04 bits per heavy atom. The molecule has 0 saturated carbocycles. The number of aliphatic hydroxyl groups is 5. The van der Waals surface area contributed by atoms with Gasteiger partial charge in [0.25, 0.3) is 0 Å². The fourth-order valence-corrected chi connectivity index (χ4v) is 2.43. The average molecular weight is 328 g/mol. The number of aliphatic hydroxyl groups excluding tert-OH is 5. The molecule has 1 heterocycles. The van der Waals surface area contributed by atoms with E-state index in [9.17, 15) is 20.4 Å². The van der Waals surface area contributed by atoms with E-state index < -0.39 is 43.4 Å². The van der Waals surface area contributed by atoms with Crippen molar-refractivity contribution in [2.24, 2.45) is 5.92 Å². The molecule has 7 nitrogen and oxygen atoms in total. The fraction of sp³-hybridized carbons (Fsp3) is 0.625. The van der Waals surface area contributed by atoms with Crippen LogP contribution >= 0.6 is 0 Å². The Bertz CT molecular complexity index is 488. The largest absolute Gasteiger partial charge is 0.462 e. The lowest BCUT2D eigenvalue weighted by Crippen LogP contribution is -2.60. The van der Waals surface area contributed by atoms with Crippen LogP contribution < -0.4 is 4.74 Å². The van der Waals surface area contributed by atoms with E-state index in [1.807, 2.05) is 13.8 Å². The Kier molecular flexibility index (Phi) is 5.96. The molecule has 1 aliphatic rings. The lowest BCUT2D eigenvalue weighted by atomic mass is 9.99. The monoisotopic (exact) mass is 328 g/mol. The van der Waals surface area contributed by atoms with Gasteiger partial charge in [0.1, 0.15) is 30.2 Å². The zero-order valence-electron chi connectivity index (χ0n) is 13.1. The topological polar surface area (TPSA) is 120 Å². The highest BCUT2D eigenvalue weighted by Gasteiger charge is 2.44. The number of ether oxygens (including phenoxy) is 2. The predicted octanol–water partition coefficient (Wildman–Crippen LogP) is -0.445. The van der Waals surface area contributed by atoms with Crippen LogP contribution in [0, 0.1) is 5.92 Å². The molecule has 0 radical (unpaired) electrons. The van der Waals surface area contributed by atoms with E-state index in [4.69, 9.17) is 14.6 Å². The molecule has 0 aromatic heterocycles. The smallest absolute Gasteiger partial charge is 0.229 e. The molecule has 0 amide bonds. The maximum absolute atomic E-state index is 9.99. The summed E-state index contributed by atoms with van der Waals surface area (Å²) in [7, 11) is 0. The Balaban J connectivity index is 2.06. The van der Waals surface area contributed by atoms with Gasteiger partial charge in [0.2, 0.25) is 6.29 Å². The molecule has 6 atom stereocenters. The first kappa shape index (κ1) is 18.1. The second kappa shape index (κ2) is 7.57. The van der Waals surface area contributed by atoms with Crippen LogP contribution in [0.2, 0.25) is 0 Å². The van der Waals surface area contributed by atoms with E-state index in [0.717, 1.165) is 5.56 Å². The Morgan fingerprint density at radius 2 is 1.65 bits per heavy atom. The maximum Gasteiger partial charge on any atom is 0.229 e. The van der Waals surface area contributed by atoms with Crippen LogP contribution in [0.3, 0.4) is 0 Å². The van der Waals surface area contributed by atoms with Gasteiger partial charge >= 0.3 is 0 Å². The summed E-state index contributed by atoms with van der Waals surface area (Å²) in [4.78, 5) is 0. The molecule has 1 fully saturated rings. The zero-order valence-corrected chi connectivity index (χ0v) is 13.1. The van der Waals surface area contributed by atoms with E-state index in [1.54, 1.807) is 24.3 Å². The van der Waals surface area contributed by atoms with Gasteiger partial charge in [0, 0.05) is 0 Å². The van der Waals surface area contributed by atoms with Crippen LogP contribution in [-0.2, 0) is 4.74 Å². The van der Waals surface area contributed by atoms with Crippen LogP contribution in [0.15, 0.2) is 24.3 Å². The quantitative estimate of drug-likeness (QED) is 0.497. The van der Waals surface area contributed by atoms with Gasteiger partial charge in [-0.2, -0.15) is 0 Å². The minimum Gasteiger partial charge on any atom is -0.462 e. The van der Waals surface area contributed by atoms with Crippen molar-refractivity contribution in [3.8, 4) is 5.75 Å². The Morgan fingerprint density at radius 3 is 2.17 bits per heavy atom. The van der Waals surface area contributed by atoms with Crippen LogP contribution in [0.4, 0.5) is 0 Å². The van der Waals surface area contributed by atoms with Gasteiger partial charge in [-0.15, -0.1) is 0 Å². The van der Waals surface area contributed by atoms with Gasteiger partial charge in [-0.1, -0.05) is 26.0 Å². The summed E-state index contributed by atoms with van der Waals surface area (Å²) in [6.07, 6.45) is -7.16. The Labute approximate surface area is 134 Å². The minimum atomic E-state index is -1.48. The average Bonchev–Trinajstić information content (AvgIpc) is 2.55. The third-order valence-corrected chi connectivity index (χ3v) is 3.95. The summed E-state index contributed by atoms with van der Waals surface area (Å²) in [6.45, 7) is 3.30. The van der Waals surface area contributed by atoms with Crippen molar-refractivity contribution in [1.82, 2.24) is 0 Å². The van der Waals surface area contributed by atoms with Crippen molar-refractivity contribution >= 4 is 0 Å². The van der Waals surface area contributed by atoms with Crippen LogP contribution in [0.25, 0.3) is 0 Å². The van der Waals surface area contributed by atoms with Crippen molar-refractivity contribution in [2.75, 3.05) is 6.61 Å². The highest BCUT2D eigenvalue weighted by Crippen LogP contribution is 2.27. The van der Waals surface area contributed by atoms with Gasteiger partial charge < -0.3 is 35.0 Å². The Hall–Kier alpha value is -1.22. The molecule has 2 rings (SSSR count). The molecule has 0 spiro atoms. The van der Waals surface area contributed by atoms with Crippen LogP contribution in [0.5, 0.6) is 5.75 Å². The molecule has 0 aliphatic carbocycles. The minimum absolute atomic E-state index is 0.0761. The SMILES string of the molecule is CC(C)C(O)c1ccc(O[C@@H]2O[C@H](CO)[C@@H](O)[C@@H](O)[C@H]2O)cc1. The van der Waals surface area contributed by atoms with Gasteiger partial charge in [-0.25, -0.2) is 0 Å². The second-order valence-electron chi connectivity index (χ2n) is 6.07. The molecule has 0 bridgehead atoms. The first-order valence-electron chi connectivity index (χ1n) is 7.60. The van der Waals surface area contributed by atoms with Crippen molar-refractivity contribution < 1.29 is 35.0 Å². The predicted molar refractivity (Wildman–Crippen MR) is 80.6 cm³/mol. The molecule has 1 aromatic rings. The van der Waals surface area contributed by atoms with E-state index in [0.29, 0.717) is 5.75 Å². The third kappa shape index (κ3) is 4.00. The highest BCUT2D eigenvalue weighted by molar-refractivity contribution is 5.29. The lowest BCUT2D eigenvalue weighted by Gasteiger charge is -2.39. The molecule has 1 unspecified atom stereocenters. The van der Waals surface area contributed by atoms with E-state index in [-0.39, 0.29) is 5.92 Å². The molecule has 7 heteroatoms. The van der Waals surface area contributed by atoms with Crippen molar-refractivity contribution in [2.45, 2.75) is 50.7 Å². The van der Waals surface area contributed by atoms with Crippen molar-refractivity contribution in [3.63, 3.8) is 0 Å². The fourth-order valence-electron chi connectivity index (χ4n) is 2.43. The van der Waals surface area contributed by atoms with Crippen molar-refractivity contribution in [1.29, 1.82) is 0 Å². The standard InChI is InChI=1S/C16H24O7/c1-8(2)12(18)9-3-5-10(6-4-9)22-16-15(21)14(20)13(19)11(7-17)23-16/h3-6,8,11-21H,7H2,1-2H3/t11-,12?,13-,14-,15-,16-/m1/s1. The molecule has 1 aliphatic heterocycles. The van der Waals surface area contributed by atoms with Gasteiger partial charge in [0.15, 0.2) is 0 Å². The first-order valence-corrected chi connectivity index (χ1v) is 7.60. The number of hydrogen-bond acceptors (Lipinski definition) is 7. The summed E-state index contributed by atoms with van der Waals surface area (Å²) in [6, 6.07) is 6.62. The van der Waals surface area contributed by atoms with Crippen LogP contribution in [-0.4, -0.2) is 62.8 Å². The number of rotatable bonds is 5. The molecule has 23 heavy (non-hydrogen) atoms. The maximum atomic E-state index is 9.99. The summed E-state index contributed by atoms with van der Waals surface area (Å²) >= 11 is 0. The summed E-state index contributed by atoms with van der Waals surface area (Å²) < 4.78 is 10.7. The zero-order chi connectivity index (χ0) is 17.1. The summed E-state index contributed by atoms with van der Waals surface area (Å²) in [5.41, 5.74) is 0.737. The van der Waals surface area contributed by atoms with Gasteiger partial charge in [0.05, 0.1) is 12.7 Å². The molecular weight excluding hydrogens is 304 g/mol. The van der Waals surface area contributed by atoms with Gasteiger partial charge in [-0.3, -0.25) is 0 Å². The molecule has 1 aromatic carbocycles. The second-order valence-corrected chi connectivity index (χ2v) is 6.07. The number of benzene rings is 1. The normalized spacial score (nSPS) is 32.8. The van der Waals surface area contributed by atoms with Crippen molar-refractivity contribution in [3.05, 3.63) is 29.8 Å². The third-order valence-electron chi connectivity index (χ3n) is 3.95. The summed E-state index contributed by atoms with van der Waals surface area (Å²) in [5.74, 6) is 0.446. The molecule has 130 valence electrons.